The Kier molecular flexibility index (Phi) is 5.74. The lowest BCUT2D eigenvalue weighted by atomic mass is 9.96. The number of urea groups is 1. The molecular weight excluding hydrogens is 276 g/mol. The Balaban J connectivity index is 2.85. The van der Waals surface area contributed by atoms with Crippen molar-refractivity contribution in [3.63, 3.8) is 0 Å². The number of thioether (sulfide) groups is 1. The Labute approximate surface area is 125 Å². The molecular formula is C14H26N2O3S. The van der Waals surface area contributed by atoms with Gasteiger partial charge in [0.25, 0.3) is 0 Å². The van der Waals surface area contributed by atoms with Crippen LogP contribution in [0, 0.1) is 5.41 Å². The van der Waals surface area contributed by atoms with Crippen LogP contribution >= 0.6 is 11.8 Å². The van der Waals surface area contributed by atoms with E-state index < -0.39 is 12.0 Å². The van der Waals surface area contributed by atoms with Gasteiger partial charge in [-0.1, -0.05) is 34.1 Å². The molecule has 0 radical (unpaired) electrons. The zero-order valence-electron chi connectivity index (χ0n) is 13.0. The number of rotatable bonds is 4. The first-order valence-corrected chi connectivity index (χ1v) is 8.10. The lowest BCUT2D eigenvalue weighted by Gasteiger charge is -2.34. The largest absolute Gasteiger partial charge is 0.480 e. The first kappa shape index (κ1) is 17.1. The number of amides is 2. The Bertz CT molecular complexity index is 368. The molecule has 0 spiro atoms. The molecule has 2 amide bonds. The quantitative estimate of drug-likeness (QED) is 0.867. The average molecular weight is 302 g/mol. The predicted octanol–water partition coefficient (Wildman–Crippen LogP) is 2.71. The Hall–Kier alpha value is -0.910. The lowest BCUT2D eigenvalue weighted by molar-refractivity contribution is -0.141. The molecule has 1 rings (SSSR count). The van der Waals surface area contributed by atoms with E-state index in [1.54, 1.807) is 28.6 Å². The van der Waals surface area contributed by atoms with Gasteiger partial charge in [-0.3, -0.25) is 4.90 Å². The summed E-state index contributed by atoms with van der Waals surface area (Å²) < 4.78 is 0. The van der Waals surface area contributed by atoms with Gasteiger partial charge in [0.2, 0.25) is 0 Å². The van der Waals surface area contributed by atoms with E-state index in [-0.39, 0.29) is 16.8 Å². The highest BCUT2D eigenvalue weighted by Gasteiger charge is 2.42. The smallest absolute Gasteiger partial charge is 0.327 e. The fourth-order valence-corrected chi connectivity index (χ4v) is 3.96. The van der Waals surface area contributed by atoms with Gasteiger partial charge in [0.05, 0.1) is 5.37 Å². The fraction of sp³-hybridized carbons (Fsp3) is 0.857. The van der Waals surface area contributed by atoms with Gasteiger partial charge in [0.15, 0.2) is 0 Å². The zero-order valence-corrected chi connectivity index (χ0v) is 13.9. The monoisotopic (exact) mass is 302 g/mol. The molecule has 20 heavy (non-hydrogen) atoms. The molecule has 6 heteroatoms. The number of carboxylic acid groups (broad SMARTS) is 1. The van der Waals surface area contributed by atoms with Crippen LogP contribution in [0.5, 0.6) is 0 Å². The van der Waals surface area contributed by atoms with E-state index in [4.69, 9.17) is 0 Å². The van der Waals surface area contributed by atoms with E-state index in [2.05, 4.69) is 27.7 Å². The SMILES string of the molecule is CCCC1SCC(C(=O)O)N1C(=O)N(C)CC(C)(C)C. The highest BCUT2D eigenvalue weighted by atomic mass is 32.2. The molecule has 116 valence electrons. The molecule has 0 aliphatic carbocycles. The summed E-state index contributed by atoms with van der Waals surface area (Å²) in [6, 6.07) is -0.873. The fourth-order valence-electron chi connectivity index (χ4n) is 2.46. The molecule has 1 saturated heterocycles. The van der Waals surface area contributed by atoms with Gasteiger partial charge >= 0.3 is 12.0 Å². The van der Waals surface area contributed by atoms with Crippen LogP contribution in [0.2, 0.25) is 0 Å². The molecule has 0 saturated carbocycles. The lowest BCUT2D eigenvalue weighted by Crippen LogP contribution is -2.51. The van der Waals surface area contributed by atoms with Crippen molar-refractivity contribution in [1.82, 2.24) is 9.80 Å². The number of aliphatic carboxylic acids is 1. The Morgan fingerprint density at radius 1 is 1.40 bits per heavy atom. The molecule has 1 aliphatic heterocycles. The summed E-state index contributed by atoms with van der Waals surface area (Å²) in [4.78, 5) is 27.1. The predicted molar refractivity (Wildman–Crippen MR) is 81.9 cm³/mol. The third-order valence-corrected chi connectivity index (χ3v) is 4.53. The van der Waals surface area contributed by atoms with Crippen LogP contribution < -0.4 is 0 Å². The van der Waals surface area contributed by atoms with E-state index in [9.17, 15) is 14.7 Å². The second-order valence-electron chi connectivity index (χ2n) is 6.54. The van der Waals surface area contributed by atoms with Crippen LogP contribution in [0.3, 0.4) is 0 Å². The van der Waals surface area contributed by atoms with Crippen molar-refractivity contribution in [3.05, 3.63) is 0 Å². The van der Waals surface area contributed by atoms with Crippen molar-refractivity contribution in [3.8, 4) is 0 Å². The van der Waals surface area contributed by atoms with E-state index >= 15 is 0 Å². The van der Waals surface area contributed by atoms with Crippen LogP contribution in [0.15, 0.2) is 0 Å². The normalized spacial score (nSPS) is 22.9. The summed E-state index contributed by atoms with van der Waals surface area (Å²) in [6.07, 6.45) is 1.78. The zero-order chi connectivity index (χ0) is 15.5. The summed E-state index contributed by atoms with van der Waals surface area (Å²) >= 11 is 1.57. The molecule has 2 unspecified atom stereocenters. The number of hydrogen-bond donors (Lipinski definition) is 1. The van der Waals surface area contributed by atoms with Gasteiger partial charge < -0.3 is 10.0 Å². The molecule has 0 aromatic heterocycles. The molecule has 1 fully saturated rings. The minimum absolute atomic E-state index is 0.00372. The highest BCUT2D eigenvalue weighted by Crippen LogP contribution is 2.33. The van der Waals surface area contributed by atoms with Gasteiger partial charge in [-0.05, 0) is 11.8 Å². The third kappa shape index (κ3) is 4.30. The number of nitrogens with zero attached hydrogens (tertiary/aromatic N) is 2. The second-order valence-corrected chi connectivity index (χ2v) is 7.75. The van der Waals surface area contributed by atoms with Gasteiger partial charge in [-0.15, -0.1) is 11.8 Å². The van der Waals surface area contributed by atoms with Crippen molar-refractivity contribution < 1.29 is 14.7 Å². The van der Waals surface area contributed by atoms with E-state index in [1.165, 1.54) is 0 Å². The standard InChI is InChI=1S/C14H26N2O3S/c1-6-7-11-16(10(8-20-11)12(17)18)13(19)15(5)9-14(2,3)4/h10-11H,6-9H2,1-5H3,(H,17,18). The molecule has 0 aromatic carbocycles. The van der Waals surface area contributed by atoms with Crippen molar-refractivity contribution in [2.75, 3.05) is 19.3 Å². The summed E-state index contributed by atoms with van der Waals surface area (Å²) in [5.74, 6) is -0.427. The van der Waals surface area contributed by atoms with Gasteiger partial charge in [-0.2, -0.15) is 0 Å². The van der Waals surface area contributed by atoms with Crippen LogP contribution in [-0.2, 0) is 4.79 Å². The number of carbonyl (C=O) groups excluding carboxylic acids is 1. The van der Waals surface area contributed by atoms with Crippen molar-refractivity contribution in [2.24, 2.45) is 5.41 Å². The Morgan fingerprint density at radius 3 is 2.45 bits per heavy atom. The summed E-state index contributed by atoms with van der Waals surface area (Å²) in [7, 11) is 1.75. The van der Waals surface area contributed by atoms with Gasteiger partial charge in [0.1, 0.15) is 6.04 Å². The molecule has 0 aromatic rings. The van der Waals surface area contributed by atoms with Crippen LogP contribution in [0.4, 0.5) is 4.79 Å². The maximum Gasteiger partial charge on any atom is 0.327 e. The molecule has 1 aliphatic rings. The average Bonchev–Trinajstić information content (AvgIpc) is 2.70. The number of carboxylic acids is 1. The van der Waals surface area contributed by atoms with E-state index in [1.807, 2.05) is 0 Å². The summed E-state index contributed by atoms with van der Waals surface area (Å²) in [6.45, 7) is 8.85. The van der Waals surface area contributed by atoms with Gasteiger partial charge in [-0.25, -0.2) is 9.59 Å². The first-order chi connectivity index (χ1) is 9.17. The molecule has 0 bridgehead atoms. The third-order valence-electron chi connectivity index (χ3n) is 3.17. The number of carbonyl (C=O) groups is 2. The topological polar surface area (TPSA) is 60.9 Å². The van der Waals surface area contributed by atoms with Crippen molar-refractivity contribution >= 4 is 23.8 Å². The van der Waals surface area contributed by atoms with E-state index in [0.29, 0.717) is 12.3 Å². The molecule has 1 heterocycles. The Morgan fingerprint density at radius 2 is 2.00 bits per heavy atom. The summed E-state index contributed by atoms with van der Waals surface area (Å²) in [5, 5.41) is 9.29. The molecule has 5 nitrogen and oxygen atoms in total. The molecule has 1 N–H and O–H groups in total. The van der Waals surface area contributed by atoms with E-state index in [0.717, 1.165) is 12.8 Å². The molecule has 2 atom stereocenters. The minimum atomic E-state index is -0.909. The van der Waals surface area contributed by atoms with Crippen LogP contribution in [0.1, 0.15) is 40.5 Å². The van der Waals surface area contributed by atoms with Crippen LogP contribution in [-0.4, -0.2) is 57.7 Å². The van der Waals surface area contributed by atoms with Gasteiger partial charge in [0, 0.05) is 19.3 Å². The maximum atomic E-state index is 12.6. The minimum Gasteiger partial charge on any atom is -0.480 e. The van der Waals surface area contributed by atoms with Crippen molar-refractivity contribution in [2.45, 2.75) is 52.0 Å². The maximum absolute atomic E-state index is 12.6. The first-order valence-electron chi connectivity index (χ1n) is 7.05. The highest BCUT2D eigenvalue weighted by molar-refractivity contribution is 8.00. The summed E-state index contributed by atoms with van der Waals surface area (Å²) in [5.41, 5.74) is -0.00372. The second kappa shape index (κ2) is 6.70. The van der Waals surface area contributed by atoms with Crippen LogP contribution in [0.25, 0.3) is 0 Å². The number of hydrogen-bond acceptors (Lipinski definition) is 3. The van der Waals surface area contributed by atoms with Crippen molar-refractivity contribution in [1.29, 1.82) is 0 Å².